The van der Waals surface area contributed by atoms with Crippen LogP contribution in [0.25, 0.3) is 0 Å². The molecule has 22 heavy (non-hydrogen) atoms. The minimum Gasteiger partial charge on any atom is -0.491 e. The lowest BCUT2D eigenvalue weighted by Gasteiger charge is -2.15. The van der Waals surface area contributed by atoms with Crippen LogP contribution in [-0.2, 0) is 6.54 Å². The van der Waals surface area contributed by atoms with Gasteiger partial charge in [0, 0.05) is 18.0 Å². The van der Waals surface area contributed by atoms with Crippen LogP contribution >= 0.6 is 0 Å². The van der Waals surface area contributed by atoms with Crippen molar-refractivity contribution in [3.05, 3.63) is 48.0 Å². The van der Waals surface area contributed by atoms with E-state index < -0.39 is 0 Å². The first kappa shape index (κ1) is 15.6. The fourth-order valence-electron chi connectivity index (χ4n) is 1.91. The van der Waals surface area contributed by atoms with E-state index in [1.807, 2.05) is 42.8 Å². The Bertz CT molecular complexity index is 657. The Hall–Kier alpha value is -2.83. The number of ether oxygens (including phenoxy) is 1. The SMILES string of the molecule is CC(C)Oc1ccc(C=NN=C(N)N)cc1Cn1ccnc1. The van der Waals surface area contributed by atoms with Gasteiger partial charge >= 0.3 is 0 Å². The molecule has 0 saturated carbocycles. The Morgan fingerprint density at radius 2 is 2.23 bits per heavy atom. The molecule has 0 unspecified atom stereocenters. The predicted octanol–water partition coefficient (Wildman–Crippen LogP) is 1.33. The second kappa shape index (κ2) is 7.26. The summed E-state index contributed by atoms with van der Waals surface area (Å²) in [5.41, 5.74) is 12.4. The van der Waals surface area contributed by atoms with E-state index in [1.54, 1.807) is 18.7 Å². The molecular weight excluding hydrogens is 280 g/mol. The third kappa shape index (κ3) is 4.62. The number of benzene rings is 1. The van der Waals surface area contributed by atoms with E-state index in [0.717, 1.165) is 16.9 Å². The maximum Gasteiger partial charge on any atom is 0.211 e. The van der Waals surface area contributed by atoms with Crippen LogP contribution in [0.3, 0.4) is 0 Å². The Kier molecular flexibility index (Phi) is 5.13. The molecule has 0 aliphatic heterocycles. The van der Waals surface area contributed by atoms with Crippen molar-refractivity contribution in [1.29, 1.82) is 0 Å². The van der Waals surface area contributed by atoms with Crippen LogP contribution in [0, 0.1) is 0 Å². The monoisotopic (exact) mass is 300 g/mol. The van der Waals surface area contributed by atoms with Gasteiger partial charge in [-0.2, -0.15) is 5.10 Å². The molecule has 0 radical (unpaired) electrons. The molecule has 7 heteroatoms. The molecule has 116 valence electrons. The zero-order valence-corrected chi connectivity index (χ0v) is 12.7. The fourth-order valence-corrected chi connectivity index (χ4v) is 1.91. The van der Waals surface area contributed by atoms with Gasteiger partial charge in [-0.05, 0) is 37.6 Å². The van der Waals surface area contributed by atoms with E-state index in [0.29, 0.717) is 6.54 Å². The predicted molar refractivity (Wildman–Crippen MR) is 86.9 cm³/mol. The number of guanidine groups is 1. The fraction of sp³-hybridized carbons (Fsp3) is 0.267. The number of imidazole rings is 1. The molecule has 1 aromatic carbocycles. The number of nitrogens with zero attached hydrogens (tertiary/aromatic N) is 4. The molecule has 0 aliphatic rings. The molecular formula is C15H20N6O. The van der Waals surface area contributed by atoms with Crippen LogP contribution in [0.4, 0.5) is 0 Å². The highest BCUT2D eigenvalue weighted by atomic mass is 16.5. The highest BCUT2D eigenvalue weighted by Gasteiger charge is 2.07. The lowest BCUT2D eigenvalue weighted by Crippen LogP contribution is -2.21. The van der Waals surface area contributed by atoms with Crippen molar-refractivity contribution in [2.75, 3.05) is 0 Å². The topological polar surface area (TPSA) is 104 Å². The first-order chi connectivity index (χ1) is 10.5. The highest BCUT2D eigenvalue weighted by molar-refractivity contribution is 5.82. The van der Waals surface area contributed by atoms with Crippen molar-refractivity contribution < 1.29 is 4.74 Å². The lowest BCUT2D eigenvalue weighted by molar-refractivity contribution is 0.239. The van der Waals surface area contributed by atoms with E-state index in [4.69, 9.17) is 16.2 Å². The van der Waals surface area contributed by atoms with Crippen LogP contribution in [0.2, 0.25) is 0 Å². The largest absolute Gasteiger partial charge is 0.491 e. The highest BCUT2D eigenvalue weighted by Crippen LogP contribution is 2.22. The quantitative estimate of drug-likeness (QED) is 0.477. The number of hydrogen-bond acceptors (Lipinski definition) is 4. The first-order valence-electron chi connectivity index (χ1n) is 6.92. The maximum absolute atomic E-state index is 5.85. The van der Waals surface area contributed by atoms with Crippen LogP contribution in [0.1, 0.15) is 25.0 Å². The van der Waals surface area contributed by atoms with Crippen molar-refractivity contribution in [2.24, 2.45) is 21.7 Å². The van der Waals surface area contributed by atoms with Gasteiger partial charge in [0.2, 0.25) is 5.96 Å². The van der Waals surface area contributed by atoms with E-state index in [9.17, 15) is 0 Å². The van der Waals surface area contributed by atoms with Gasteiger partial charge in [0.25, 0.3) is 0 Å². The van der Waals surface area contributed by atoms with Crippen LogP contribution < -0.4 is 16.2 Å². The Morgan fingerprint density at radius 3 is 2.86 bits per heavy atom. The second-order valence-electron chi connectivity index (χ2n) is 5.04. The minimum atomic E-state index is -0.0744. The van der Waals surface area contributed by atoms with Gasteiger partial charge in [-0.15, -0.1) is 5.10 Å². The number of aromatic nitrogens is 2. The molecule has 0 atom stereocenters. The van der Waals surface area contributed by atoms with Gasteiger partial charge in [-0.1, -0.05) is 0 Å². The Morgan fingerprint density at radius 1 is 1.41 bits per heavy atom. The number of hydrogen-bond donors (Lipinski definition) is 2. The molecule has 0 amide bonds. The number of nitrogens with two attached hydrogens (primary N) is 2. The van der Waals surface area contributed by atoms with Gasteiger partial charge in [0.15, 0.2) is 0 Å². The normalized spacial score (nSPS) is 11.0. The van der Waals surface area contributed by atoms with Crippen molar-refractivity contribution in [1.82, 2.24) is 9.55 Å². The van der Waals surface area contributed by atoms with Gasteiger partial charge in [0.1, 0.15) is 5.75 Å². The van der Waals surface area contributed by atoms with Gasteiger partial charge in [-0.25, -0.2) is 4.98 Å². The first-order valence-corrected chi connectivity index (χ1v) is 6.92. The summed E-state index contributed by atoms with van der Waals surface area (Å²) in [7, 11) is 0. The Labute approximate surface area is 129 Å². The third-order valence-electron chi connectivity index (χ3n) is 2.74. The van der Waals surface area contributed by atoms with Crippen molar-refractivity contribution in [3.8, 4) is 5.75 Å². The van der Waals surface area contributed by atoms with Gasteiger partial charge in [0.05, 0.1) is 25.2 Å². The van der Waals surface area contributed by atoms with E-state index in [1.165, 1.54) is 0 Å². The molecule has 0 fully saturated rings. The van der Waals surface area contributed by atoms with Gasteiger partial charge < -0.3 is 20.8 Å². The van der Waals surface area contributed by atoms with Crippen molar-refractivity contribution in [2.45, 2.75) is 26.5 Å². The zero-order valence-electron chi connectivity index (χ0n) is 12.7. The molecule has 2 aromatic rings. The van der Waals surface area contributed by atoms with Crippen molar-refractivity contribution in [3.63, 3.8) is 0 Å². The molecule has 1 heterocycles. The molecule has 0 saturated heterocycles. The molecule has 0 aliphatic carbocycles. The molecule has 0 bridgehead atoms. The second-order valence-corrected chi connectivity index (χ2v) is 5.04. The van der Waals surface area contributed by atoms with E-state index in [2.05, 4.69) is 15.2 Å². The average Bonchev–Trinajstić information content (AvgIpc) is 2.93. The average molecular weight is 300 g/mol. The summed E-state index contributed by atoms with van der Waals surface area (Å²) in [5, 5.41) is 7.41. The van der Waals surface area contributed by atoms with Crippen LogP contribution in [0.15, 0.2) is 47.1 Å². The molecule has 1 aromatic heterocycles. The molecule has 0 spiro atoms. The summed E-state index contributed by atoms with van der Waals surface area (Å²) in [4.78, 5) is 4.05. The van der Waals surface area contributed by atoms with Crippen molar-refractivity contribution >= 4 is 12.2 Å². The summed E-state index contributed by atoms with van der Waals surface area (Å²) in [6.45, 7) is 4.65. The summed E-state index contributed by atoms with van der Waals surface area (Å²) >= 11 is 0. The summed E-state index contributed by atoms with van der Waals surface area (Å²) in [6.07, 6.45) is 7.10. The third-order valence-corrected chi connectivity index (χ3v) is 2.74. The maximum atomic E-state index is 5.85. The van der Waals surface area contributed by atoms with Gasteiger partial charge in [-0.3, -0.25) is 0 Å². The number of rotatable bonds is 6. The van der Waals surface area contributed by atoms with E-state index >= 15 is 0 Å². The standard InChI is InChI=1S/C15H20N6O/c1-11(2)22-14-4-3-12(8-19-20-15(16)17)7-13(14)9-21-6-5-18-10-21/h3-8,10-11H,9H2,1-2H3,(H4,16,17,20). The zero-order chi connectivity index (χ0) is 15.9. The Balaban J connectivity index is 2.27. The molecule has 2 rings (SSSR count). The summed E-state index contributed by atoms with van der Waals surface area (Å²) in [6, 6.07) is 5.81. The minimum absolute atomic E-state index is 0.0744. The van der Waals surface area contributed by atoms with Crippen LogP contribution in [-0.4, -0.2) is 27.8 Å². The smallest absolute Gasteiger partial charge is 0.211 e. The summed E-state index contributed by atoms with van der Waals surface area (Å²) in [5.74, 6) is 0.761. The van der Waals surface area contributed by atoms with E-state index in [-0.39, 0.29) is 12.1 Å². The molecule has 7 nitrogen and oxygen atoms in total. The lowest BCUT2D eigenvalue weighted by atomic mass is 10.1. The van der Waals surface area contributed by atoms with Crippen LogP contribution in [0.5, 0.6) is 5.75 Å². The molecule has 4 N–H and O–H groups in total. The summed E-state index contributed by atoms with van der Waals surface area (Å²) < 4.78 is 7.82.